The van der Waals surface area contributed by atoms with Gasteiger partial charge in [0.2, 0.25) is 0 Å². The van der Waals surface area contributed by atoms with Gasteiger partial charge in [0.1, 0.15) is 11.6 Å². The van der Waals surface area contributed by atoms with E-state index < -0.39 is 36.4 Å². The highest BCUT2D eigenvalue weighted by Crippen LogP contribution is 2.27. The number of carboxylic acids is 3. The van der Waals surface area contributed by atoms with Crippen molar-refractivity contribution >= 4 is 17.9 Å². The lowest BCUT2D eigenvalue weighted by Crippen LogP contribution is -2.44. The third-order valence-corrected chi connectivity index (χ3v) is 6.51. The first-order valence-corrected chi connectivity index (χ1v) is 13.3. The number of imidazole rings is 1. The van der Waals surface area contributed by atoms with Gasteiger partial charge >= 0.3 is 36.4 Å². The Morgan fingerprint density at radius 3 is 1.57 bits per heavy atom. The summed E-state index contributed by atoms with van der Waals surface area (Å²) >= 11 is 0. The van der Waals surface area contributed by atoms with Crippen LogP contribution in [0.2, 0.25) is 0 Å². The number of aliphatic carboxylic acids is 3. The van der Waals surface area contributed by atoms with Gasteiger partial charge in [0.15, 0.2) is 0 Å². The van der Waals surface area contributed by atoms with Crippen LogP contribution in [0.5, 0.6) is 0 Å². The number of likely N-dealkylation sites (N-methyl/N-ethyl adjacent to an activating group) is 1. The molecule has 2 aliphatic heterocycles. The molecule has 1 fully saturated rings. The van der Waals surface area contributed by atoms with Crippen molar-refractivity contribution in [2.45, 2.75) is 51.1 Å². The summed E-state index contributed by atoms with van der Waals surface area (Å²) in [4.78, 5) is 38.8. The number of rotatable bonds is 4. The van der Waals surface area contributed by atoms with Crippen molar-refractivity contribution in [2.75, 3.05) is 39.8 Å². The molecule has 2 aromatic rings. The molecular formula is C26H31F10N5O6. The normalized spacial score (nSPS) is 17.5. The molecule has 1 aromatic carbocycles. The molecule has 2 aliphatic rings. The molecule has 1 saturated heterocycles. The Hall–Kier alpha value is -3.98. The van der Waals surface area contributed by atoms with Gasteiger partial charge in [0.25, 0.3) is 0 Å². The number of hydrogen-bond donors (Lipinski definition) is 3. The van der Waals surface area contributed by atoms with E-state index in [0.717, 1.165) is 63.7 Å². The van der Waals surface area contributed by atoms with E-state index in [1.165, 1.54) is 5.69 Å². The van der Waals surface area contributed by atoms with Gasteiger partial charge in [-0.25, -0.2) is 23.8 Å². The minimum Gasteiger partial charge on any atom is -0.475 e. The molecule has 3 heterocycles. The van der Waals surface area contributed by atoms with E-state index in [2.05, 4.69) is 39.4 Å². The number of hydrogen-bond acceptors (Lipinski definition) is 7. The Bertz CT molecular complexity index is 1250. The van der Waals surface area contributed by atoms with Crippen molar-refractivity contribution in [3.63, 3.8) is 0 Å². The standard InChI is InChI=1S/C20H28FN5.3C2HF3O2/c1-16-20-22-13-19(15-24-9-7-23(2)8-10-24)26(20)12-11-25(16)14-17-3-5-18(21)6-4-17;3*3-2(4,5)1(6)7/h3-6,13,16H,7-12,14-15H2,1-2H3;3*(H,6,7). The van der Waals surface area contributed by atoms with Gasteiger partial charge in [-0.15, -0.1) is 0 Å². The molecule has 4 rings (SSSR count). The second-order valence-corrected chi connectivity index (χ2v) is 10.0. The van der Waals surface area contributed by atoms with Crippen molar-refractivity contribution in [2.24, 2.45) is 0 Å². The van der Waals surface area contributed by atoms with Crippen molar-refractivity contribution in [1.82, 2.24) is 24.3 Å². The van der Waals surface area contributed by atoms with E-state index in [9.17, 15) is 43.9 Å². The summed E-state index contributed by atoms with van der Waals surface area (Å²) in [6, 6.07) is 7.11. The Kier molecular flexibility index (Phi) is 15.1. The number of alkyl halides is 9. The minimum atomic E-state index is -5.08. The van der Waals surface area contributed by atoms with Crippen LogP contribution in [-0.2, 0) is 34.0 Å². The second-order valence-electron chi connectivity index (χ2n) is 10.0. The molecule has 1 atom stereocenters. The Balaban J connectivity index is 0.000000430. The van der Waals surface area contributed by atoms with E-state index in [1.807, 2.05) is 12.1 Å². The summed E-state index contributed by atoms with van der Waals surface area (Å²) in [5.74, 6) is -7.29. The monoisotopic (exact) mass is 699 g/mol. The van der Waals surface area contributed by atoms with Crippen LogP contribution in [0.3, 0.4) is 0 Å². The van der Waals surface area contributed by atoms with Crippen LogP contribution < -0.4 is 0 Å². The number of carbonyl (C=O) groups is 3. The molecule has 0 aliphatic carbocycles. The third kappa shape index (κ3) is 14.5. The predicted octanol–water partition coefficient (Wildman–Crippen LogP) is 4.25. The van der Waals surface area contributed by atoms with E-state index in [-0.39, 0.29) is 11.9 Å². The molecule has 0 amide bonds. The molecule has 1 unspecified atom stereocenters. The number of fused-ring (bicyclic) bond motifs is 1. The summed E-state index contributed by atoms with van der Waals surface area (Å²) < 4.78 is 111. The molecule has 3 N–H and O–H groups in total. The largest absolute Gasteiger partial charge is 0.490 e. The zero-order valence-electron chi connectivity index (χ0n) is 24.7. The number of nitrogens with zero attached hydrogens (tertiary/aromatic N) is 5. The van der Waals surface area contributed by atoms with Gasteiger partial charge in [0, 0.05) is 58.6 Å². The molecule has 47 heavy (non-hydrogen) atoms. The van der Waals surface area contributed by atoms with Crippen molar-refractivity contribution in [3.05, 3.63) is 53.4 Å². The maximum Gasteiger partial charge on any atom is 0.490 e. The molecule has 11 nitrogen and oxygen atoms in total. The Morgan fingerprint density at radius 1 is 0.745 bits per heavy atom. The van der Waals surface area contributed by atoms with Crippen LogP contribution in [-0.4, -0.2) is 116 Å². The number of halogens is 10. The fourth-order valence-corrected chi connectivity index (χ4v) is 4.01. The number of piperazine rings is 1. The van der Waals surface area contributed by atoms with Crippen molar-refractivity contribution in [1.29, 1.82) is 0 Å². The van der Waals surface area contributed by atoms with Crippen molar-refractivity contribution in [3.8, 4) is 0 Å². The predicted molar refractivity (Wildman–Crippen MR) is 141 cm³/mol. The first-order valence-electron chi connectivity index (χ1n) is 13.3. The van der Waals surface area contributed by atoms with Crippen molar-refractivity contribution < 1.29 is 73.6 Å². The quantitative estimate of drug-likeness (QED) is 0.397. The van der Waals surface area contributed by atoms with Crippen LogP contribution in [0, 0.1) is 5.82 Å². The van der Waals surface area contributed by atoms with Gasteiger partial charge in [-0.1, -0.05) is 12.1 Å². The molecule has 0 spiro atoms. The first-order chi connectivity index (χ1) is 21.4. The fourth-order valence-electron chi connectivity index (χ4n) is 4.01. The van der Waals surface area contributed by atoms with Crippen LogP contribution in [0.1, 0.15) is 30.0 Å². The number of benzene rings is 1. The summed E-state index contributed by atoms with van der Waals surface area (Å²) in [5.41, 5.74) is 2.48. The zero-order chi connectivity index (χ0) is 36.3. The summed E-state index contributed by atoms with van der Waals surface area (Å²) in [6.45, 7) is 10.6. The van der Waals surface area contributed by atoms with Gasteiger partial charge in [-0.2, -0.15) is 39.5 Å². The average molecular weight is 700 g/mol. The summed E-state index contributed by atoms with van der Waals surface area (Å²) in [6.07, 6.45) is -13.2. The maximum absolute atomic E-state index is 13.1. The van der Waals surface area contributed by atoms with Crippen LogP contribution in [0.25, 0.3) is 0 Å². The van der Waals surface area contributed by atoms with Gasteiger partial charge in [0.05, 0.1) is 11.7 Å². The summed E-state index contributed by atoms with van der Waals surface area (Å²) in [5, 5.41) is 21.4. The topological polar surface area (TPSA) is 139 Å². The SMILES string of the molecule is CC1c2ncc(CN3CCN(C)CC3)n2CCN1Cc1ccc(F)cc1.O=C(O)C(F)(F)F.O=C(O)C(F)(F)F.O=C(O)C(F)(F)F. The van der Waals surface area contributed by atoms with Gasteiger partial charge < -0.3 is 24.8 Å². The summed E-state index contributed by atoms with van der Waals surface area (Å²) in [7, 11) is 2.19. The van der Waals surface area contributed by atoms with E-state index in [4.69, 9.17) is 34.7 Å². The molecule has 0 bridgehead atoms. The molecular weight excluding hydrogens is 668 g/mol. The van der Waals surface area contributed by atoms with E-state index in [0.29, 0.717) is 0 Å². The second kappa shape index (κ2) is 17.3. The molecule has 1 aromatic heterocycles. The molecule has 0 radical (unpaired) electrons. The molecule has 0 saturated carbocycles. The van der Waals surface area contributed by atoms with Crippen LogP contribution >= 0.6 is 0 Å². The van der Waals surface area contributed by atoms with Crippen LogP contribution in [0.4, 0.5) is 43.9 Å². The average Bonchev–Trinajstić information content (AvgIpc) is 3.35. The highest BCUT2D eigenvalue weighted by Gasteiger charge is 2.39. The van der Waals surface area contributed by atoms with Gasteiger partial charge in [-0.3, -0.25) is 9.80 Å². The maximum atomic E-state index is 13.1. The van der Waals surface area contributed by atoms with E-state index >= 15 is 0 Å². The smallest absolute Gasteiger partial charge is 0.475 e. The van der Waals surface area contributed by atoms with E-state index in [1.54, 1.807) is 12.1 Å². The lowest BCUT2D eigenvalue weighted by molar-refractivity contribution is -0.193. The highest BCUT2D eigenvalue weighted by atomic mass is 19.4. The highest BCUT2D eigenvalue weighted by molar-refractivity contribution is 5.73. The van der Waals surface area contributed by atoms with Crippen LogP contribution in [0.15, 0.2) is 30.5 Å². The third-order valence-electron chi connectivity index (χ3n) is 6.51. The van der Waals surface area contributed by atoms with Gasteiger partial charge in [-0.05, 0) is 31.7 Å². The lowest BCUT2D eigenvalue weighted by Gasteiger charge is -2.36. The molecule has 266 valence electrons. The first kappa shape index (κ1) is 41.0. The zero-order valence-corrected chi connectivity index (χ0v) is 24.7. The minimum absolute atomic E-state index is 0.176. The lowest BCUT2D eigenvalue weighted by atomic mass is 10.1. The number of aromatic nitrogens is 2. The Morgan fingerprint density at radius 2 is 1.17 bits per heavy atom. The number of carboxylic acid groups (broad SMARTS) is 3. The fraction of sp³-hybridized carbons (Fsp3) is 0.538. The molecule has 21 heteroatoms. The Labute approximate surface area is 260 Å².